The lowest BCUT2D eigenvalue weighted by molar-refractivity contribution is 0.194. The van der Waals surface area contributed by atoms with Crippen molar-refractivity contribution < 1.29 is 5.11 Å². The van der Waals surface area contributed by atoms with Gasteiger partial charge in [-0.3, -0.25) is 4.98 Å². The highest BCUT2D eigenvalue weighted by Gasteiger charge is 2.03. The van der Waals surface area contributed by atoms with Gasteiger partial charge in [0.05, 0.1) is 11.8 Å². The standard InChI is InChI=1S/C10H10N2OS2/c1-7(13)9-3-2-8(6-12-9)15-10-11-4-5-14-10/h2-7,13H,1H3. The van der Waals surface area contributed by atoms with Crippen LogP contribution in [0.25, 0.3) is 0 Å². The predicted molar refractivity (Wildman–Crippen MR) is 61.1 cm³/mol. The van der Waals surface area contributed by atoms with Crippen LogP contribution in [0.2, 0.25) is 0 Å². The van der Waals surface area contributed by atoms with Crippen molar-refractivity contribution in [3.8, 4) is 0 Å². The molecule has 1 N–H and O–H groups in total. The summed E-state index contributed by atoms with van der Waals surface area (Å²) in [6.07, 6.45) is 3.03. The van der Waals surface area contributed by atoms with Crippen molar-refractivity contribution in [2.24, 2.45) is 0 Å². The summed E-state index contributed by atoms with van der Waals surface area (Å²) in [7, 11) is 0. The fraction of sp³-hybridized carbons (Fsp3) is 0.200. The molecule has 2 aromatic heterocycles. The Hall–Kier alpha value is -0.910. The number of nitrogens with zero attached hydrogens (tertiary/aromatic N) is 2. The smallest absolute Gasteiger partial charge is 0.154 e. The van der Waals surface area contributed by atoms with Gasteiger partial charge in [0.2, 0.25) is 0 Å². The molecule has 0 spiro atoms. The molecule has 1 atom stereocenters. The van der Waals surface area contributed by atoms with Crippen LogP contribution in [0.4, 0.5) is 0 Å². The summed E-state index contributed by atoms with van der Waals surface area (Å²) >= 11 is 3.18. The van der Waals surface area contributed by atoms with Gasteiger partial charge in [0, 0.05) is 22.7 Å². The number of pyridine rings is 1. The Labute approximate surface area is 96.2 Å². The van der Waals surface area contributed by atoms with E-state index in [4.69, 9.17) is 0 Å². The SMILES string of the molecule is CC(O)c1ccc(Sc2nccs2)cn1. The zero-order valence-corrected chi connectivity index (χ0v) is 9.76. The Morgan fingerprint density at radius 3 is 2.80 bits per heavy atom. The molecule has 3 nitrogen and oxygen atoms in total. The maximum atomic E-state index is 9.29. The van der Waals surface area contributed by atoms with Gasteiger partial charge in [-0.2, -0.15) is 0 Å². The van der Waals surface area contributed by atoms with Gasteiger partial charge >= 0.3 is 0 Å². The highest BCUT2D eigenvalue weighted by Crippen LogP contribution is 2.28. The second-order valence-electron chi connectivity index (χ2n) is 2.99. The minimum absolute atomic E-state index is 0.510. The van der Waals surface area contributed by atoms with E-state index in [0.717, 1.165) is 9.24 Å². The monoisotopic (exact) mass is 238 g/mol. The van der Waals surface area contributed by atoms with Crippen molar-refractivity contribution in [3.63, 3.8) is 0 Å². The molecule has 2 heterocycles. The third kappa shape index (κ3) is 2.77. The Morgan fingerprint density at radius 2 is 2.27 bits per heavy atom. The number of thiazole rings is 1. The second kappa shape index (κ2) is 4.74. The van der Waals surface area contributed by atoms with Gasteiger partial charge in [-0.25, -0.2) is 4.98 Å². The molecule has 15 heavy (non-hydrogen) atoms. The van der Waals surface area contributed by atoms with Crippen LogP contribution < -0.4 is 0 Å². The third-order valence-corrected chi connectivity index (χ3v) is 3.66. The first-order valence-electron chi connectivity index (χ1n) is 4.47. The maximum Gasteiger partial charge on any atom is 0.154 e. The largest absolute Gasteiger partial charge is 0.387 e. The van der Waals surface area contributed by atoms with Crippen molar-refractivity contribution >= 4 is 23.1 Å². The van der Waals surface area contributed by atoms with E-state index in [9.17, 15) is 5.11 Å². The molecule has 0 radical (unpaired) electrons. The first-order chi connectivity index (χ1) is 7.25. The van der Waals surface area contributed by atoms with E-state index in [-0.39, 0.29) is 0 Å². The maximum absolute atomic E-state index is 9.29. The van der Waals surface area contributed by atoms with E-state index < -0.39 is 6.10 Å². The highest BCUT2D eigenvalue weighted by atomic mass is 32.2. The molecule has 0 saturated heterocycles. The minimum Gasteiger partial charge on any atom is -0.387 e. The molecule has 2 aromatic rings. The zero-order chi connectivity index (χ0) is 10.7. The predicted octanol–water partition coefficient (Wildman–Crippen LogP) is 2.74. The fourth-order valence-corrected chi connectivity index (χ4v) is 2.63. The van der Waals surface area contributed by atoms with Crippen molar-refractivity contribution in [1.82, 2.24) is 9.97 Å². The molecule has 0 amide bonds. The van der Waals surface area contributed by atoms with Gasteiger partial charge in [-0.15, -0.1) is 11.3 Å². The van der Waals surface area contributed by atoms with Crippen LogP contribution in [-0.2, 0) is 0 Å². The van der Waals surface area contributed by atoms with Crippen LogP contribution in [0.3, 0.4) is 0 Å². The van der Waals surface area contributed by atoms with Crippen LogP contribution in [0.1, 0.15) is 18.7 Å². The van der Waals surface area contributed by atoms with Crippen molar-refractivity contribution in [1.29, 1.82) is 0 Å². The van der Waals surface area contributed by atoms with Gasteiger partial charge in [-0.1, -0.05) is 11.8 Å². The Balaban J connectivity index is 2.11. The topological polar surface area (TPSA) is 46.0 Å². The first kappa shape index (κ1) is 10.6. The molecule has 78 valence electrons. The van der Waals surface area contributed by atoms with E-state index in [2.05, 4.69) is 9.97 Å². The zero-order valence-electron chi connectivity index (χ0n) is 8.12. The molecule has 1 unspecified atom stereocenters. The Bertz CT molecular complexity index is 411. The molecule has 0 aromatic carbocycles. The Morgan fingerprint density at radius 1 is 1.40 bits per heavy atom. The summed E-state index contributed by atoms with van der Waals surface area (Å²) in [5.41, 5.74) is 0.693. The van der Waals surface area contributed by atoms with Gasteiger partial charge < -0.3 is 5.11 Å². The van der Waals surface area contributed by atoms with Crippen molar-refractivity contribution in [3.05, 3.63) is 35.6 Å². The van der Waals surface area contributed by atoms with Crippen LogP contribution in [0.5, 0.6) is 0 Å². The molecule has 0 fully saturated rings. The normalized spacial score (nSPS) is 12.7. The van der Waals surface area contributed by atoms with Gasteiger partial charge in [0.1, 0.15) is 0 Å². The lowest BCUT2D eigenvalue weighted by Crippen LogP contribution is -1.94. The average molecular weight is 238 g/mol. The molecule has 0 aliphatic heterocycles. The van der Waals surface area contributed by atoms with E-state index in [1.165, 1.54) is 0 Å². The molecule has 0 aliphatic rings. The molecule has 5 heteroatoms. The third-order valence-electron chi connectivity index (χ3n) is 1.80. The lowest BCUT2D eigenvalue weighted by atomic mass is 10.2. The average Bonchev–Trinajstić information content (AvgIpc) is 2.71. The highest BCUT2D eigenvalue weighted by molar-refractivity contribution is 8.01. The van der Waals surface area contributed by atoms with Crippen molar-refractivity contribution in [2.45, 2.75) is 22.3 Å². The minimum atomic E-state index is -0.510. The van der Waals surface area contributed by atoms with Crippen LogP contribution >= 0.6 is 23.1 Å². The Kier molecular flexibility index (Phi) is 3.35. The van der Waals surface area contributed by atoms with E-state index >= 15 is 0 Å². The summed E-state index contributed by atoms with van der Waals surface area (Å²) < 4.78 is 1.00. The number of aromatic nitrogens is 2. The van der Waals surface area contributed by atoms with Crippen LogP contribution in [0, 0.1) is 0 Å². The number of hydrogen-bond acceptors (Lipinski definition) is 5. The van der Waals surface area contributed by atoms with Gasteiger partial charge in [0.15, 0.2) is 4.34 Å². The quantitative estimate of drug-likeness (QED) is 0.893. The van der Waals surface area contributed by atoms with Gasteiger partial charge in [-0.05, 0) is 19.1 Å². The molecular formula is C10H10N2OS2. The number of aliphatic hydroxyl groups excluding tert-OH is 1. The summed E-state index contributed by atoms with van der Waals surface area (Å²) in [4.78, 5) is 9.37. The number of aliphatic hydroxyl groups is 1. The molecule has 0 saturated carbocycles. The van der Waals surface area contributed by atoms with E-state index in [1.54, 1.807) is 42.4 Å². The fourth-order valence-electron chi connectivity index (χ4n) is 1.06. The summed E-state index contributed by atoms with van der Waals surface area (Å²) in [6.45, 7) is 1.70. The van der Waals surface area contributed by atoms with Crippen molar-refractivity contribution in [2.75, 3.05) is 0 Å². The van der Waals surface area contributed by atoms with Crippen LogP contribution in [-0.4, -0.2) is 15.1 Å². The lowest BCUT2D eigenvalue weighted by Gasteiger charge is -2.03. The first-order valence-corrected chi connectivity index (χ1v) is 6.16. The molecular weight excluding hydrogens is 228 g/mol. The number of rotatable bonds is 3. The van der Waals surface area contributed by atoms with E-state index in [0.29, 0.717) is 5.69 Å². The summed E-state index contributed by atoms with van der Waals surface area (Å²) in [5.74, 6) is 0. The molecule has 2 rings (SSSR count). The van der Waals surface area contributed by atoms with Crippen LogP contribution in [0.15, 0.2) is 39.1 Å². The summed E-state index contributed by atoms with van der Waals surface area (Å²) in [5, 5.41) is 11.2. The summed E-state index contributed by atoms with van der Waals surface area (Å²) in [6, 6.07) is 3.78. The van der Waals surface area contributed by atoms with E-state index in [1.807, 2.05) is 17.5 Å². The number of hydrogen-bond donors (Lipinski definition) is 1. The second-order valence-corrected chi connectivity index (χ2v) is 5.21. The molecule has 0 bridgehead atoms. The molecule has 0 aliphatic carbocycles. The van der Waals surface area contributed by atoms with Gasteiger partial charge in [0.25, 0.3) is 0 Å².